The predicted molar refractivity (Wildman–Crippen MR) is 487 cm³/mol. The minimum absolute atomic E-state index is 0.0124. The molecule has 32 heteroatoms. The number of hydrogen-bond donors (Lipinski definition) is 4. The summed E-state index contributed by atoms with van der Waals surface area (Å²) < 4.78 is 299. The van der Waals surface area contributed by atoms with Crippen LogP contribution in [0.25, 0.3) is 67.8 Å². The van der Waals surface area contributed by atoms with Crippen molar-refractivity contribution in [2.24, 2.45) is 0 Å². The summed E-state index contributed by atoms with van der Waals surface area (Å²) in [6, 6.07) is 27.6. The number of amides is 4. The van der Waals surface area contributed by atoms with Gasteiger partial charge in [0.2, 0.25) is 0 Å². The number of benzene rings is 8. The molecule has 4 aliphatic heterocycles. The normalized spacial score (nSPS) is 23.6. The highest BCUT2D eigenvalue weighted by molar-refractivity contribution is 6.38. The molecule has 8 heterocycles. The van der Waals surface area contributed by atoms with Gasteiger partial charge in [0.05, 0.1) is 75.2 Å². The Labute approximate surface area is 807 Å². The number of nitrogens with zero attached hydrogens (tertiary/aromatic N) is 12. The molecule has 0 spiro atoms. The molecule has 4 aliphatic rings. The van der Waals surface area contributed by atoms with Crippen LogP contribution in [0, 0.1) is 27.5 Å². The molecule has 624 valence electrons. The molecule has 12 aromatic rings. The molecule has 4 saturated heterocycles. The maximum absolute atomic E-state index is 13.7. The summed E-state index contributed by atoms with van der Waals surface area (Å²) in [6.45, 7) is -19.4. The number of carbonyl (C=O) groups is 4. The lowest BCUT2D eigenvalue weighted by Crippen LogP contribution is -2.45. The molecule has 120 heavy (non-hydrogen) atoms. The molecule has 4 amide bonds. The number of aromatic nitrogens is 8. The minimum Gasteiger partial charge on any atom is -0.283 e. The highest BCUT2D eigenvalue weighted by atomic mass is 35.5. The Hall–Kier alpha value is -8.20. The van der Waals surface area contributed by atoms with Crippen LogP contribution in [0.4, 0.5) is 0 Å². The molecule has 8 aromatic carbocycles. The van der Waals surface area contributed by atoms with Gasteiger partial charge in [-0.1, -0.05) is 213 Å². The Morgan fingerprint density at radius 3 is 0.942 bits per heavy atom. The highest BCUT2D eigenvalue weighted by Crippen LogP contribution is 2.40. The van der Waals surface area contributed by atoms with Gasteiger partial charge in [-0.25, -0.2) is 38.8 Å². The molecule has 0 bridgehead atoms. The molecule has 0 atom stereocenters. The van der Waals surface area contributed by atoms with E-state index in [2.05, 4.69) is 31.2 Å². The van der Waals surface area contributed by atoms with Crippen molar-refractivity contribution in [2.75, 3.05) is 52.2 Å². The zero-order valence-corrected chi connectivity index (χ0v) is 70.8. The summed E-state index contributed by atoms with van der Waals surface area (Å²) >= 11 is 73.8. The fourth-order valence-electron chi connectivity index (χ4n) is 12.2. The number of carbonyl (C=O) groups excluding carboxylic acids is 4. The van der Waals surface area contributed by atoms with Crippen molar-refractivity contribution in [1.82, 2.24) is 80.9 Å². The summed E-state index contributed by atoms with van der Waals surface area (Å²) in [4.78, 5) is 54.0. The van der Waals surface area contributed by atoms with E-state index in [0.717, 1.165) is 43.2 Å². The Balaban J connectivity index is 0.000000173. The van der Waals surface area contributed by atoms with Crippen LogP contribution >= 0.6 is 139 Å². The molecular weight excluding hydrogens is 1770 g/mol. The molecule has 4 aromatic heterocycles. The molecule has 4 fully saturated rings. The van der Waals surface area contributed by atoms with Crippen LogP contribution in [0.1, 0.15) is 190 Å². The summed E-state index contributed by atoms with van der Waals surface area (Å²) in [7, 11) is 0. The fraction of sp³-hybridized carbons (Fsp3) is 0.273. The van der Waals surface area contributed by atoms with E-state index in [1.165, 1.54) is 70.9 Å². The monoisotopic (exact) mass is 1880 g/mol. The van der Waals surface area contributed by atoms with E-state index in [1.807, 2.05) is 5.43 Å². The fourth-order valence-corrected chi connectivity index (χ4v) is 14.6. The Kier molecular flexibility index (Phi) is 18.5. The van der Waals surface area contributed by atoms with E-state index in [9.17, 15) is 19.2 Å². The number of halogens is 12. The van der Waals surface area contributed by atoms with Crippen LogP contribution < -0.4 is 21.7 Å². The van der Waals surface area contributed by atoms with Crippen molar-refractivity contribution in [3.8, 4) is 67.8 Å². The minimum atomic E-state index is -3.74. The Morgan fingerprint density at radius 1 is 0.317 bits per heavy atom. The summed E-state index contributed by atoms with van der Waals surface area (Å²) in [5.74, 6) is -4.29. The van der Waals surface area contributed by atoms with Crippen LogP contribution in [0.3, 0.4) is 0 Å². The van der Waals surface area contributed by atoms with Crippen LogP contribution in [0.2, 0.25) is 60.3 Å². The first-order valence-electron chi connectivity index (χ1n) is 53.5. The van der Waals surface area contributed by atoms with E-state index in [-0.39, 0.29) is 75.3 Å². The Morgan fingerprint density at radius 2 is 0.608 bits per heavy atom. The molecule has 16 rings (SSSR count). The smallest absolute Gasteiger partial charge is 0.283 e. The zero-order valence-electron chi connectivity index (χ0n) is 97.7. The van der Waals surface area contributed by atoms with E-state index in [4.69, 9.17) is 189 Å². The molecule has 4 N–H and O–H groups in total. The number of nitrogens with one attached hydrogen (secondary N) is 4. The molecular formula is C88H84Cl12N16O4. The van der Waals surface area contributed by atoms with Gasteiger partial charge < -0.3 is 0 Å². The number of hydrogen-bond acceptors (Lipinski definition) is 12. The highest BCUT2D eigenvalue weighted by Gasteiger charge is 2.31. The Bertz CT molecular complexity index is 7420. The summed E-state index contributed by atoms with van der Waals surface area (Å²) in [5.41, 5.74) is 6.41. The third-order valence-corrected chi connectivity index (χ3v) is 20.8. The lowest BCUT2D eigenvalue weighted by molar-refractivity contribution is 0.0736. The quantitative estimate of drug-likeness (QED) is 0.0714. The van der Waals surface area contributed by atoms with E-state index in [1.54, 1.807) is 88.2 Å². The molecule has 0 aliphatic carbocycles. The average Bonchev–Trinajstić information content (AvgIpc) is 0.738. The summed E-state index contributed by atoms with van der Waals surface area (Å²) in [6.07, 6.45) is -16.5. The lowest BCUT2D eigenvalue weighted by Gasteiger charge is -2.26. The van der Waals surface area contributed by atoms with E-state index < -0.39 is 205 Å². The third kappa shape index (κ3) is 21.9. The third-order valence-electron chi connectivity index (χ3n) is 17.7. The second kappa shape index (κ2) is 41.3. The maximum atomic E-state index is 13.7. The van der Waals surface area contributed by atoms with Gasteiger partial charge in [-0.05, 0) is 200 Å². The number of rotatable bonds is 16. The number of hydrazine groups is 4. The van der Waals surface area contributed by atoms with Crippen molar-refractivity contribution in [3.63, 3.8) is 0 Å². The second-order valence-electron chi connectivity index (χ2n) is 25.8. The topological polar surface area (TPSA) is 201 Å². The van der Waals surface area contributed by atoms with Crippen molar-refractivity contribution in [3.05, 3.63) is 275 Å². The SMILES string of the molecule is [2H]C([2H])([2H])c1c(C(=O)NN2C([2H])([2H])C([2H])([2H])C([2H])([2H])C([2H])([2H])C2([2H])[2H])nn(-c2ccc(Cl)cc2Cl)c1-c1ccc(Cl)cc1.[2H]C([2H])([2H])c1c(C(=O)NN2CCCCC2)nn(-c2ccc(Cl)cc2Cl)c1-c1ccc(Cl)cc1.[2H]C1([2H])N(NC(=O)c2nn(-c3ccc(Cl)cc3Cl)c(-c3ccc(Cl)cc3)c2C)C([2H])([2H])C([2H])([2H])C([2H])([2H])C1([2H])[2H].[2H]c1c([2H])c(-c2c(C([2H])([2H])[2H])c(C(=O)NN3CCCCC3)nn2-c2c([2H])c([2H])c(Cl)c([2H])c2Cl)c([2H])c([2H])c1Cl. The van der Waals surface area contributed by atoms with Gasteiger partial charge in [-0.15, -0.1) is 0 Å². The zero-order chi connectivity index (χ0) is 117. The predicted octanol–water partition coefficient (Wildman–Crippen LogP) is 23.8. The largest absolute Gasteiger partial charge is 0.286 e. The lowest BCUT2D eigenvalue weighted by atomic mass is 10.1. The maximum Gasteiger partial charge on any atom is 0.286 e. The van der Waals surface area contributed by atoms with Crippen molar-refractivity contribution < 1.29 is 68.5 Å². The van der Waals surface area contributed by atoms with Crippen LogP contribution in [-0.4, -0.2) is 135 Å². The number of piperidine rings is 4. The van der Waals surface area contributed by atoms with Crippen LogP contribution in [0.5, 0.6) is 0 Å². The van der Waals surface area contributed by atoms with Gasteiger partial charge in [-0.3, -0.25) is 40.9 Å². The first-order chi connectivity index (χ1) is 71.8. The van der Waals surface area contributed by atoms with Crippen LogP contribution in [0.15, 0.2) is 170 Å². The second-order valence-corrected chi connectivity index (χ2v) is 30.7. The van der Waals surface area contributed by atoms with Crippen molar-refractivity contribution in [2.45, 2.75) is 104 Å². The van der Waals surface area contributed by atoms with E-state index >= 15 is 0 Å². The van der Waals surface area contributed by atoms with Crippen molar-refractivity contribution in [1.29, 1.82) is 0 Å². The van der Waals surface area contributed by atoms with Crippen molar-refractivity contribution >= 4 is 163 Å². The molecule has 20 nitrogen and oxygen atoms in total. The van der Waals surface area contributed by atoms with Gasteiger partial charge in [0, 0.05) is 177 Å². The first-order valence-corrected chi connectivity index (χ1v) is 40.1. The molecule has 0 unspecified atom stereocenters. The first kappa shape index (κ1) is 53.7. The van der Waals surface area contributed by atoms with Crippen LogP contribution in [-0.2, 0) is 0 Å². The van der Waals surface area contributed by atoms with Gasteiger partial charge in [0.15, 0.2) is 22.8 Å². The average molecular weight is 1890 g/mol. The van der Waals surface area contributed by atoms with Gasteiger partial charge >= 0.3 is 0 Å². The molecule has 0 radical (unpaired) electrons. The van der Waals surface area contributed by atoms with Gasteiger partial charge in [0.25, 0.3) is 23.6 Å². The molecule has 0 saturated carbocycles. The summed E-state index contributed by atoms with van der Waals surface area (Å²) in [5, 5.41) is 21.2. The van der Waals surface area contributed by atoms with Gasteiger partial charge in [0.1, 0.15) is 0 Å². The van der Waals surface area contributed by atoms with Gasteiger partial charge in [-0.2, -0.15) is 20.4 Å². The van der Waals surface area contributed by atoms with E-state index in [0.29, 0.717) is 84.2 Å². The standard InChI is InChI=1S/4C22H21Cl3N4O/c4*1-14-20(22(30)27-28-11-3-2-4-12-28)26-29(19-10-9-17(24)13-18(19)25)21(14)15-5-7-16(23)8-6-15/h4*5-10,13H,2-4,11-12H2,1H3,(H,27,30)/i1D3,5D,6D,7D,8D,9D,10D,13D;1D3,2D2,3D2,4D2,11D2,12D2;2D2,3D2,4D2,11D2,12D2;1D3.